The van der Waals surface area contributed by atoms with E-state index >= 15 is 0 Å². The van der Waals surface area contributed by atoms with Crippen LogP contribution in [-0.4, -0.2) is 70.6 Å². The van der Waals surface area contributed by atoms with Crippen LogP contribution in [0.25, 0.3) is 11.3 Å². The fourth-order valence-corrected chi connectivity index (χ4v) is 7.58. The van der Waals surface area contributed by atoms with E-state index in [1.54, 1.807) is 12.1 Å². The predicted molar refractivity (Wildman–Crippen MR) is 175 cm³/mol. The van der Waals surface area contributed by atoms with Crippen molar-refractivity contribution in [2.75, 3.05) is 6.54 Å². The van der Waals surface area contributed by atoms with Crippen molar-refractivity contribution < 1.29 is 28.1 Å². The molecule has 0 radical (unpaired) electrons. The number of amides is 2. The summed E-state index contributed by atoms with van der Waals surface area (Å²) in [5, 5.41) is 6.21. The molecule has 0 aliphatic carbocycles. The summed E-state index contributed by atoms with van der Waals surface area (Å²) in [4.78, 5) is 45.8. The average molecular weight is 613 g/mol. The summed E-state index contributed by atoms with van der Waals surface area (Å²) in [5.41, 5.74) is 2.66. The summed E-state index contributed by atoms with van der Waals surface area (Å²) in [7, 11) is 0. The maximum Gasteiger partial charge on any atom is 0.550 e. The van der Waals surface area contributed by atoms with E-state index in [1.807, 2.05) is 80.6 Å². The largest absolute Gasteiger partial charge is 0.609 e. The van der Waals surface area contributed by atoms with E-state index in [4.69, 9.17) is 9.31 Å². The van der Waals surface area contributed by atoms with Gasteiger partial charge in [0, 0.05) is 24.5 Å². The summed E-state index contributed by atoms with van der Waals surface area (Å²) in [6, 6.07) is 23.1. The molecule has 2 unspecified atom stereocenters. The lowest BCUT2D eigenvalue weighted by atomic mass is 9.56. The quantitative estimate of drug-likeness (QED) is 0.305. The van der Waals surface area contributed by atoms with Crippen molar-refractivity contribution in [1.29, 1.82) is 0 Å². The number of fused-ring (bicyclic) bond motifs is 1. The Bertz CT molecular complexity index is 1520. The molecule has 0 spiro atoms. The average Bonchev–Trinajstić information content (AvgIpc) is 3.40. The van der Waals surface area contributed by atoms with Crippen LogP contribution in [0.5, 0.6) is 0 Å². The van der Waals surface area contributed by atoms with E-state index in [0.29, 0.717) is 23.1 Å². The van der Waals surface area contributed by atoms with Gasteiger partial charge in [0.15, 0.2) is 0 Å². The molecule has 1 aromatic heterocycles. The highest BCUT2D eigenvalue weighted by atomic mass is 16.7. The van der Waals surface area contributed by atoms with Gasteiger partial charge < -0.3 is 24.3 Å². The Hall–Kier alpha value is -4.02. The zero-order chi connectivity index (χ0) is 32.4. The van der Waals surface area contributed by atoms with Crippen LogP contribution in [-0.2, 0) is 25.3 Å². The van der Waals surface area contributed by atoms with Gasteiger partial charge in [-0.05, 0) is 51.3 Å². The Morgan fingerprint density at radius 1 is 0.933 bits per heavy atom. The number of benzene rings is 2. The zero-order valence-corrected chi connectivity index (χ0v) is 27.1. The van der Waals surface area contributed by atoms with Crippen LogP contribution in [0.1, 0.15) is 64.0 Å². The minimum atomic E-state index is -2.29. The van der Waals surface area contributed by atoms with Gasteiger partial charge in [-0.25, -0.2) is 9.78 Å². The van der Waals surface area contributed by atoms with E-state index in [-0.39, 0.29) is 42.1 Å². The lowest BCUT2D eigenvalue weighted by molar-refractivity contribution is -0.864. The number of rotatable bonds is 11. The summed E-state index contributed by atoms with van der Waals surface area (Å²) in [5.74, 6) is -1.55. The van der Waals surface area contributed by atoms with E-state index < -0.39 is 30.6 Å². The minimum absolute atomic E-state index is 0.00852. The second-order valence-electron chi connectivity index (χ2n) is 13.0. The first kappa shape index (κ1) is 32.4. The molecule has 45 heavy (non-hydrogen) atoms. The van der Waals surface area contributed by atoms with Crippen LogP contribution in [0.3, 0.4) is 0 Å². The Balaban J connectivity index is 1.47. The monoisotopic (exact) mass is 612 g/mol. The molecule has 3 heterocycles. The van der Waals surface area contributed by atoms with Gasteiger partial charge in [0.2, 0.25) is 5.91 Å². The second-order valence-corrected chi connectivity index (χ2v) is 13.0. The number of likely N-dealkylation sites (N-methyl/N-ethyl adjacent to an activating group) is 1. The predicted octanol–water partition coefficient (Wildman–Crippen LogP) is 4.69. The van der Waals surface area contributed by atoms with Gasteiger partial charge >= 0.3 is 12.7 Å². The van der Waals surface area contributed by atoms with Gasteiger partial charge in [-0.15, -0.1) is 0 Å². The molecular formula is C35H45BN4O5. The number of carbonyl (C=O) groups excluding carboxylic acids is 3. The summed E-state index contributed by atoms with van der Waals surface area (Å²) in [6.45, 7) is 10.5. The number of pyridine rings is 1. The number of nitrogens with zero attached hydrogens (tertiary/aromatic N) is 2. The highest BCUT2D eigenvalue weighted by Crippen LogP contribution is 2.48. The Morgan fingerprint density at radius 3 is 2.24 bits per heavy atom. The van der Waals surface area contributed by atoms with Gasteiger partial charge in [-0.3, -0.25) is 9.59 Å². The zero-order valence-electron chi connectivity index (χ0n) is 27.1. The second kappa shape index (κ2) is 13.1. The molecule has 2 N–H and O–H groups in total. The summed E-state index contributed by atoms with van der Waals surface area (Å²) >= 11 is 0. The van der Waals surface area contributed by atoms with Crippen molar-refractivity contribution in [2.24, 2.45) is 5.92 Å². The van der Waals surface area contributed by atoms with E-state index in [0.717, 1.165) is 11.1 Å². The molecule has 0 saturated carbocycles. The van der Waals surface area contributed by atoms with E-state index in [2.05, 4.69) is 43.3 Å². The smallest absolute Gasteiger partial charge is 0.550 e. The van der Waals surface area contributed by atoms with Gasteiger partial charge in [0.1, 0.15) is 17.8 Å². The van der Waals surface area contributed by atoms with Gasteiger partial charge in [-0.1, -0.05) is 87.0 Å². The lowest BCUT2D eigenvalue weighted by Crippen LogP contribution is -2.76. The minimum Gasteiger partial charge on any atom is -0.609 e. The molecule has 10 heteroatoms. The van der Waals surface area contributed by atoms with Crippen LogP contribution < -0.4 is 10.6 Å². The van der Waals surface area contributed by atoms with Crippen molar-refractivity contribution in [3.8, 4) is 11.3 Å². The topological polar surface area (TPSA) is 107 Å². The molecule has 2 aliphatic heterocycles. The lowest BCUT2D eigenvalue weighted by Gasteiger charge is -2.53. The number of aromatic nitrogens is 1. The third-order valence-electron chi connectivity index (χ3n) is 9.93. The molecule has 7 atom stereocenters. The van der Waals surface area contributed by atoms with Crippen LogP contribution in [0.2, 0.25) is 0 Å². The third kappa shape index (κ3) is 6.01. The molecule has 0 bridgehead atoms. The molecule has 3 aromatic rings. The summed E-state index contributed by atoms with van der Waals surface area (Å²) in [6.07, 6.45) is 0.635. The molecule has 2 fully saturated rings. The molecular weight excluding hydrogens is 567 g/mol. The van der Waals surface area contributed by atoms with Crippen molar-refractivity contribution in [3.63, 3.8) is 0 Å². The van der Waals surface area contributed by atoms with Crippen LogP contribution in [0.15, 0.2) is 78.9 Å². The molecule has 9 nitrogen and oxygen atoms in total. The first-order chi connectivity index (χ1) is 21.5. The fraction of sp³-hybridized carbons (Fsp3) is 0.429. The van der Waals surface area contributed by atoms with Crippen molar-refractivity contribution >= 4 is 24.5 Å². The van der Waals surface area contributed by atoms with Crippen molar-refractivity contribution in [1.82, 2.24) is 15.6 Å². The first-order valence-electron chi connectivity index (χ1n) is 16.1. The molecule has 2 amide bonds. The van der Waals surface area contributed by atoms with Crippen LogP contribution >= 0.6 is 0 Å². The number of nitrogens with one attached hydrogen (secondary N) is 2. The van der Waals surface area contributed by atoms with Crippen LogP contribution in [0.4, 0.5) is 0 Å². The van der Waals surface area contributed by atoms with E-state index in [9.17, 15) is 14.4 Å². The molecule has 2 aliphatic rings. The van der Waals surface area contributed by atoms with E-state index in [1.165, 1.54) is 0 Å². The van der Waals surface area contributed by atoms with Crippen molar-refractivity contribution in [3.05, 3.63) is 90.1 Å². The molecule has 2 saturated heterocycles. The summed E-state index contributed by atoms with van der Waals surface area (Å²) < 4.78 is 13.3. The molecule has 2 aromatic carbocycles. The highest BCUT2D eigenvalue weighted by Gasteiger charge is 2.73. The number of hydrogen-bond donors (Lipinski definition) is 2. The third-order valence-corrected chi connectivity index (χ3v) is 9.93. The highest BCUT2D eigenvalue weighted by molar-refractivity contribution is 6.65. The van der Waals surface area contributed by atoms with Gasteiger partial charge in [0.25, 0.3) is 5.91 Å². The SMILES string of the molecule is CC[N+]12[C@H](C)C(=O)O[B-]1([C@H](CC(C)C)NC(=O)[C@H](Cc1ccccc1)NC(=O)c1cccc(-c3ccccc3)n1)O[C@@H](C)[C@H]2C. The van der Waals surface area contributed by atoms with Gasteiger partial charge in [-0.2, -0.15) is 0 Å². The number of carbonyl (C=O) groups is 3. The van der Waals surface area contributed by atoms with Crippen molar-refractivity contribution in [2.45, 2.75) is 84.6 Å². The Labute approximate surface area is 266 Å². The maximum absolute atomic E-state index is 14.3. The first-order valence-corrected chi connectivity index (χ1v) is 16.1. The normalized spacial score (nSPS) is 27.0. The molecule has 238 valence electrons. The number of hydrogen-bond acceptors (Lipinski definition) is 6. The fourth-order valence-electron chi connectivity index (χ4n) is 7.58. The Kier molecular flexibility index (Phi) is 9.46. The van der Waals surface area contributed by atoms with Crippen LogP contribution in [0, 0.1) is 5.92 Å². The van der Waals surface area contributed by atoms with Gasteiger partial charge in [0.05, 0.1) is 17.8 Å². The number of quaternary nitrogens is 1. The standard InChI is InChI=1S/C35H45BN4O5/c1-7-40-24(4)26(6)44-36(40,45-35(43)25(40)5)32(21-23(2)3)39-34(42)31(22-27-15-10-8-11-16-27)38-33(41)30-20-14-19-29(37-30)28-17-12-9-13-18-28/h8-20,23-26,31-32H,7,21-22H2,1-6H3,(H,38,41)(H,39,42)/t24-,25-,26+,31+,32+,36?,40?/m1/s1. The maximum atomic E-state index is 14.3. The molecule has 5 rings (SSSR count). The Morgan fingerprint density at radius 2 is 1.60 bits per heavy atom.